The van der Waals surface area contributed by atoms with Crippen LogP contribution in [-0.4, -0.2) is 11.0 Å². The number of rotatable bonds is 3. The van der Waals surface area contributed by atoms with E-state index in [0.29, 0.717) is 12.0 Å². The zero-order valence-corrected chi connectivity index (χ0v) is 8.83. The average molecular weight is 178 g/mol. The third-order valence-corrected chi connectivity index (χ3v) is 2.27. The maximum absolute atomic E-state index is 4.13. The molecule has 2 heteroatoms. The van der Waals surface area contributed by atoms with Gasteiger partial charge in [0.2, 0.25) is 0 Å². The molecule has 0 fully saturated rings. The summed E-state index contributed by atoms with van der Waals surface area (Å²) in [4.78, 5) is 4.13. The number of pyridine rings is 1. The number of nitrogens with zero attached hydrogens (tertiary/aromatic N) is 1. The number of hydrogen-bond donors (Lipinski definition) is 1. The predicted octanol–water partition coefficient (Wildman–Crippen LogP) is 2.85. The molecular formula is C11H18N2. The quantitative estimate of drug-likeness (QED) is 0.769. The number of nitrogens with one attached hydrogen (secondary N) is 1. The van der Waals surface area contributed by atoms with E-state index in [-0.39, 0.29) is 0 Å². The SMILES string of the molecule is Cc1cncc(NC(C)C(C)C)c1. The first-order valence-electron chi connectivity index (χ1n) is 4.78. The normalized spacial score (nSPS) is 13.0. The van der Waals surface area contributed by atoms with Crippen molar-refractivity contribution in [3.05, 3.63) is 24.0 Å². The fraction of sp³-hybridized carbons (Fsp3) is 0.545. The van der Waals surface area contributed by atoms with Gasteiger partial charge in [-0.3, -0.25) is 4.98 Å². The average Bonchev–Trinajstić information content (AvgIpc) is 2.04. The number of hydrogen-bond acceptors (Lipinski definition) is 2. The molecular weight excluding hydrogens is 160 g/mol. The molecule has 2 nitrogen and oxygen atoms in total. The molecule has 0 spiro atoms. The van der Waals surface area contributed by atoms with Gasteiger partial charge in [-0.05, 0) is 31.4 Å². The van der Waals surface area contributed by atoms with Crippen molar-refractivity contribution < 1.29 is 0 Å². The smallest absolute Gasteiger partial charge is 0.0531 e. The fourth-order valence-electron chi connectivity index (χ4n) is 1.06. The number of anilines is 1. The van der Waals surface area contributed by atoms with Gasteiger partial charge in [-0.15, -0.1) is 0 Å². The minimum Gasteiger partial charge on any atom is -0.381 e. The molecule has 1 aromatic rings. The van der Waals surface area contributed by atoms with Gasteiger partial charge >= 0.3 is 0 Å². The summed E-state index contributed by atoms with van der Waals surface area (Å²) < 4.78 is 0. The molecule has 1 N–H and O–H groups in total. The molecule has 0 aliphatic carbocycles. The maximum atomic E-state index is 4.13. The standard InChI is InChI=1S/C11H18N2/c1-8(2)10(4)13-11-5-9(3)6-12-7-11/h5-8,10,13H,1-4H3. The molecule has 1 heterocycles. The van der Waals surface area contributed by atoms with Crippen LogP contribution in [-0.2, 0) is 0 Å². The molecule has 1 atom stereocenters. The minimum atomic E-state index is 0.489. The van der Waals surface area contributed by atoms with Crippen molar-refractivity contribution in [3.63, 3.8) is 0 Å². The van der Waals surface area contributed by atoms with Crippen molar-refractivity contribution in [1.82, 2.24) is 4.98 Å². The van der Waals surface area contributed by atoms with E-state index in [2.05, 4.69) is 44.1 Å². The molecule has 72 valence electrons. The summed E-state index contributed by atoms with van der Waals surface area (Å²) in [6.45, 7) is 8.66. The van der Waals surface area contributed by atoms with E-state index in [0.717, 1.165) is 5.69 Å². The molecule has 0 radical (unpaired) electrons. The molecule has 0 aliphatic rings. The lowest BCUT2D eigenvalue weighted by Crippen LogP contribution is -2.21. The second-order valence-electron chi connectivity index (χ2n) is 3.93. The molecule has 1 unspecified atom stereocenters. The molecule has 1 rings (SSSR count). The van der Waals surface area contributed by atoms with Gasteiger partial charge in [-0.2, -0.15) is 0 Å². The van der Waals surface area contributed by atoms with Crippen LogP contribution in [0, 0.1) is 12.8 Å². The lowest BCUT2D eigenvalue weighted by atomic mass is 10.1. The molecule has 0 saturated heterocycles. The van der Waals surface area contributed by atoms with E-state index in [1.54, 1.807) is 0 Å². The molecule has 13 heavy (non-hydrogen) atoms. The molecule has 0 bridgehead atoms. The minimum absolute atomic E-state index is 0.489. The van der Waals surface area contributed by atoms with Crippen molar-refractivity contribution in [3.8, 4) is 0 Å². The van der Waals surface area contributed by atoms with Gasteiger partial charge in [0, 0.05) is 18.4 Å². The van der Waals surface area contributed by atoms with Gasteiger partial charge in [0.05, 0.1) is 5.69 Å². The Hall–Kier alpha value is -1.05. The maximum Gasteiger partial charge on any atom is 0.0531 e. The zero-order chi connectivity index (χ0) is 9.84. The second-order valence-corrected chi connectivity index (χ2v) is 3.93. The van der Waals surface area contributed by atoms with Gasteiger partial charge in [0.15, 0.2) is 0 Å². The van der Waals surface area contributed by atoms with Crippen LogP contribution in [0.5, 0.6) is 0 Å². The number of aromatic nitrogens is 1. The highest BCUT2D eigenvalue weighted by molar-refractivity contribution is 5.43. The Balaban J connectivity index is 2.64. The third kappa shape index (κ3) is 3.05. The molecule has 0 amide bonds. The first kappa shape index (κ1) is 10.0. The van der Waals surface area contributed by atoms with Crippen LogP contribution >= 0.6 is 0 Å². The van der Waals surface area contributed by atoms with Crippen molar-refractivity contribution in [2.75, 3.05) is 5.32 Å². The monoisotopic (exact) mass is 178 g/mol. The van der Waals surface area contributed by atoms with Crippen molar-refractivity contribution >= 4 is 5.69 Å². The van der Waals surface area contributed by atoms with Crippen LogP contribution in [0.2, 0.25) is 0 Å². The predicted molar refractivity (Wildman–Crippen MR) is 56.9 cm³/mol. The largest absolute Gasteiger partial charge is 0.381 e. The Morgan fingerprint density at radius 3 is 2.46 bits per heavy atom. The van der Waals surface area contributed by atoms with Crippen LogP contribution in [0.1, 0.15) is 26.3 Å². The zero-order valence-electron chi connectivity index (χ0n) is 8.83. The Labute approximate surface area is 80.4 Å². The summed E-state index contributed by atoms with van der Waals surface area (Å²) in [5.74, 6) is 0.639. The van der Waals surface area contributed by atoms with Gasteiger partial charge in [-0.1, -0.05) is 13.8 Å². The van der Waals surface area contributed by atoms with Gasteiger partial charge in [-0.25, -0.2) is 0 Å². The molecule has 0 aliphatic heterocycles. The summed E-state index contributed by atoms with van der Waals surface area (Å²) in [5, 5.41) is 3.42. The highest BCUT2D eigenvalue weighted by Crippen LogP contribution is 2.12. The van der Waals surface area contributed by atoms with E-state index in [9.17, 15) is 0 Å². The lowest BCUT2D eigenvalue weighted by Gasteiger charge is -2.18. The van der Waals surface area contributed by atoms with Crippen LogP contribution in [0.25, 0.3) is 0 Å². The lowest BCUT2D eigenvalue weighted by molar-refractivity contribution is 0.560. The van der Waals surface area contributed by atoms with E-state index < -0.39 is 0 Å². The number of aryl methyl sites for hydroxylation is 1. The highest BCUT2D eigenvalue weighted by Gasteiger charge is 2.05. The third-order valence-electron chi connectivity index (χ3n) is 2.27. The fourth-order valence-corrected chi connectivity index (χ4v) is 1.06. The summed E-state index contributed by atoms with van der Waals surface area (Å²) in [6, 6.07) is 2.61. The summed E-state index contributed by atoms with van der Waals surface area (Å²) in [6.07, 6.45) is 3.73. The van der Waals surface area contributed by atoms with Crippen LogP contribution in [0.3, 0.4) is 0 Å². The van der Waals surface area contributed by atoms with Crippen LogP contribution in [0.15, 0.2) is 18.5 Å². The van der Waals surface area contributed by atoms with Crippen molar-refractivity contribution in [2.24, 2.45) is 5.92 Å². The van der Waals surface area contributed by atoms with Gasteiger partial charge in [0.1, 0.15) is 0 Å². The van der Waals surface area contributed by atoms with Crippen LogP contribution in [0.4, 0.5) is 5.69 Å². The van der Waals surface area contributed by atoms with E-state index in [1.165, 1.54) is 5.56 Å². The van der Waals surface area contributed by atoms with E-state index in [1.807, 2.05) is 12.4 Å². The molecule has 1 aromatic heterocycles. The topological polar surface area (TPSA) is 24.9 Å². The van der Waals surface area contributed by atoms with Gasteiger partial charge < -0.3 is 5.32 Å². The Kier molecular flexibility index (Phi) is 3.29. The summed E-state index contributed by atoms with van der Waals surface area (Å²) >= 11 is 0. The Morgan fingerprint density at radius 1 is 1.23 bits per heavy atom. The summed E-state index contributed by atoms with van der Waals surface area (Å²) in [7, 11) is 0. The Bertz CT molecular complexity index is 269. The second kappa shape index (κ2) is 4.26. The highest BCUT2D eigenvalue weighted by atomic mass is 14.9. The molecule has 0 aromatic carbocycles. The first-order chi connectivity index (χ1) is 6.09. The summed E-state index contributed by atoms with van der Waals surface area (Å²) in [5.41, 5.74) is 2.31. The van der Waals surface area contributed by atoms with E-state index in [4.69, 9.17) is 0 Å². The molecule has 0 saturated carbocycles. The first-order valence-corrected chi connectivity index (χ1v) is 4.78. The van der Waals surface area contributed by atoms with Gasteiger partial charge in [0.25, 0.3) is 0 Å². The van der Waals surface area contributed by atoms with Crippen LogP contribution < -0.4 is 5.32 Å². The van der Waals surface area contributed by atoms with Crippen molar-refractivity contribution in [1.29, 1.82) is 0 Å². The van der Waals surface area contributed by atoms with Crippen molar-refractivity contribution in [2.45, 2.75) is 33.7 Å². The van der Waals surface area contributed by atoms with E-state index >= 15 is 0 Å². The Morgan fingerprint density at radius 2 is 1.92 bits per heavy atom.